The molecule has 17 heavy (non-hydrogen) atoms. The summed E-state index contributed by atoms with van der Waals surface area (Å²) < 4.78 is 13.0. The van der Waals surface area contributed by atoms with Crippen LogP contribution in [0.2, 0.25) is 0 Å². The number of hydrogen-bond donors (Lipinski definition) is 0. The van der Waals surface area contributed by atoms with Gasteiger partial charge in [-0.15, -0.1) is 0 Å². The van der Waals surface area contributed by atoms with Crippen molar-refractivity contribution in [3.8, 4) is 0 Å². The predicted octanol–water partition coefficient (Wildman–Crippen LogP) is 2.97. The number of carbonyl (C=O) groups excluding carboxylic acids is 1. The van der Waals surface area contributed by atoms with Crippen LogP contribution in [0.1, 0.15) is 31.2 Å². The van der Waals surface area contributed by atoms with Crippen LogP contribution in [0, 0.1) is 11.7 Å². The van der Waals surface area contributed by atoms with E-state index in [0.29, 0.717) is 6.54 Å². The maximum Gasteiger partial charge on any atom is 0.225 e. The van der Waals surface area contributed by atoms with Crippen molar-refractivity contribution in [3.05, 3.63) is 35.6 Å². The van der Waals surface area contributed by atoms with Crippen molar-refractivity contribution >= 4 is 5.91 Å². The van der Waals surface area contributed by atoms with Crippen molar-refractivity contribution in [1.82, 2.24) is 4.90 Å². The Hall–Kier alpha value is -1.38. The van der Waals surface area contributed by atoms with E-state index in [1.54, 1.807) is 18.0 Å². The van der Waals surface area contributed by atoms with Crippen molar-refractivity contribution in [2.24, 2.45) is 5.92 Å². The van der Waals surface area contributed by atoms with Gasteiger partial charge in [0, 0.05) is 19.5 Å². The summed E-state index contributed by atoms with van der Waals surface area (Å²) in [5, 5.41) is 0. The Morgan fingerprint density at radius 2 is 2.12 bits per heavy atom. The molecule has 2 rings (SSSR count). The Balaban J connectivity index is 1.96. The van der Waals surface area contributed by atoms with E-state index in [4.69, 9.17) is 0 Å². The normalized spacial score (nSPS) is 16.1. The number of hydrogen-bond acceptors (Lipinski definition) is 1. The van der Waals surface area contributed by atoms with Gasteiger partial charge in [-0.3, -0.25) is 4.79 Å². The Kier molecular flexibility index (Phi) is 3.77. The molecule has 0 spiro atoms. The maximum atomic E-state index is 13.0. The zero-order chi connectivity index (χ0) is 12.3. The number of nitrogens with zero attached hydrogens (tertiary/aromatic N) is 1. The minimum Gasteiger partial charge on any atom is -0.341 e. The van der Waals surface area contributed by atoms with Gasteiger partial charge in [0.2, 0.25) is 5.91 Å². The monoisotopic (exact) mass is 235 g/mol. The van der Waals surface area contributed by atoms with E-state index in [1.165, 1.54) is 12.1 Å². The highest BCUT2D eigenvalue weighted by atomic mass is 19.1. The lowest BCUT2D eigenvalue weighted by molar-refractivity contribution is -0.134. The minimum atomic E-state index is -0.246. The SMILES string of the molecule is CN(Cc1cccc(F)c1)C(=O)C1CCCC1. The van der Waals surface area contributed by atoms with Gasteiger partial charge in [-0.05, 0) is 30.5 Å². The topological polar surface area (TPSA) is 20.3 Å². The second kappa shape index (κ2) is 5.30. The van der Waals surface area contributed by atoms with Gasteiger partial charge in [0.15, 0.2) is 0 Å². The molecule has 0 heterocycles. The molecular weight excluding hydrogens is 217 g/mol. The molecule has 1 saturated carbocycles. The molecule has 0 radical (unpaired) electrons. The van der Waals surface area contributed by atoms with Crippen LogP contribution < -0.4 is 0 Å². The second-order valence-corrected chi connectivity index (χ2v) is 4.81. The molecule has 0 N–H and O–H groups in total. The van der Waals surface area contributed by atoms with E-state index in [1.807, 2.05) is 6.07 Å². The van der Waals surface area contributed by atoms with Gasteiger partial charge in [0.05, 0.1) is 0 Å². The van der Waals surface area contributed by atoms with Crippen molar-refractivity contribution < 1.29 is 9.18 Å². The summed E-state index contributed by atoms with van der Waals surface area (Å²) >= 11 is 0. The third-order valence-corrected chi connectivity index (χ3v) is 3.39. The second-order valence-electron chi connectivity index (χ2n) is 4.81. The van der Waals surface area contributed by atoms with Crippen LogP contribution >= 0.6 is 0 Å². The lowest BCUT2D eigenvalue weighted by atomic mass is 10.1. The molecular formula is C14H18FNO. The first-order chi connectivity index (χ1) is 8.16. The molecule has 3 heteroatoms. The molecule has 0 saturated heterocycles. The molecule has 1 amide bonds. The van der Waals surface area contributed by atoms with Crippen LogP contribution in [-0.4, -0.2) is 17.9 Å². The van der Waals surface area contributed by atoms with Gasteiger partial charge >= 0.3 is 0 Å². The van der Waals surface area contributed by atoms with E-state index < -0.39 is 0 Å². The highest BCUT2D eigenvalue weighted by Gasteiger charge is 2.25. The van der Waals surface area contributed by atoms with Crippen LogP contribution in [0.5, 0.6) is 0 Å². The molecule has 0 aliphatic heterocycles. The van der Waals surface area contributed by atoms with Crippen LogP contribution in [0.25, 0.3) is 0 Å². The van der Waals surface area contributed by atoms with Gasteiger partial charge in [0.1, 0.15) is 5.82 Å². The molecule has 1 aliphatic rings. The Labute approximate surface area is 101 Å². The highest BCUT2D eigenvalue weighted by Crippen LogP contribution is 2.26. The third kappa shape index (κ3) is 3.05. The Bertz CT molecular complexity index is 399. The largest absolute Gasteiger partial charge is 0.341 e. The fraction of sp³-hybridized carbons (Fsp3) is 0.500. The molecule has 0 atom stereocenters. The average molecular weight is 235 g/mol. The lowest BCUT2D eigenvalue weighted by Gasteiger charge is -2.21. The van der Waals surface area contributed by atoms with E-state index in [-0.39, 0.29) is 17.6 Å². The first-order valence-electron chi connectivity index (χ1n) is 6.16. The average Bonchev–Trinajstić information content (AvgIpc) is 2.81. The van der Waals surface area contributed by atoms with E-state index in [0.717, 1.165) is 31.2 Å². The Morgan fingerprint density at radius 1 is 1.41 bits per heavy atom. The van der Waals surface area contributed by atoms with Crippen LogP contribution in [0.3, 0.4) is 0 Å². The zero-order valence-electron chi connectivity index (χ0n) is 10.2. The molecule has 92 valence electrons. The smallest absolute Gasteiger partial charge is 0.225 e. The summed E-state index contributed by atoms with van der Waals surface area (Å²) in [4.78, 5) is 13.8. The van der Waals surface area contributed by atoms with Crippen LogP contribution in [0.15, 0.2) is 24.3 Å². The number of rotatable bonds is 3. The van der Waals surface area contributed by atoms with Crippen molar-refractivity contribution in [1.29, 1.82) is 0 Å². The van der Waals surface area contributed by atoms with E-state index in [2.05, 4.69) is 0 Å². The van der Waals surface area contributed by atoms with Crippen LogP contribution in [0.4, 0.5) is 4.39 Å². The molecule has 0 aromatic heterocycles. The molecule has 2 nitrogen and oxygen atoms in total. The molecule has 0 unspecified atom stereocenters. The van der Waals surface area contributed by atoms with Gasteiger partial charge in [0.25, 0.3) is 0 Å². The number of benzene rings is 1. The van der Waals surface area contributed by atoms with Crippen molar-refractivity contribution in [2.75, 3.05) is 7.05 Å². The van der Waals surface area contributed by atoms with E-state index in [9.17, 15) is 9.18 Å². The molecule has 1 aromatic carbocycles. The zero-order valence-corrected chi connectivity index (χ0v) is 10.2. The number of amides is 1. The van der Waals surface area contributed by atoms with Gasteiger partial charge < -0.3 is 4.90 Å². The molecule has 1 aromatic rings. The summed E-state index contributed by atoms with van der Waals surface area (Å²) in [6, 6.07) is 6.43. The third-order valence-electron chi connectivity index (χ3n) is 3.39. The molecule has 1 aliphatic carbocycles. The standard InChI is InChI=1S/C14H18FNO/c1-16(14(17)12-6-2-3-7-12)10-11-5-4-8-13(15)9-11/h4-5,8-9,12H,2-3,6-7,10H2,1H3. The van der Waals surface area contributed by atoms with Gasteiger partial charge in [-0.25, -0.2) is 4.39 Å². The summed E-state index contributed by atoms with van der Waals surface area (Å²) in [5.41, 5.74) is 0.846. The molecule has 0 bridgehead atoms. The quantitative estimate of drug-likeness (QED) is 0.788. The Morgan fingerprint density at radius 3 is 2.76 bits per heavy atom. The number of carbonyl (C=O) groups is 1. The lowest BCUT2D eigenvalue weighted by Crippen LogP contribution is -2.31. The molecule has 1 fully saturated rings. The predicted molar refractivity (Wildman–Crippen MR) is 64.8 cm³/mol. The van der Waals surface area contributed by atoms with Crippen LogP contribution in [-0.2, 0) is 11.3 Å². The summed E-state index contributed by atoms with van der Waals surface area (Å²) in [6.45, 7) is 0.493. The van der Waals surface area contributed by atoms with Gasteiger partial charge in [-0.2, -0.15) is 0 Å². The maximum absolute atomic E-state index is 13.0. The summed E-state index contributed by atoms with van der Waals surface area (Å²) in [5.74, 6) is 0.143. The fourth-order valence-corrected chi connectivity index (χ4v) is 2.47. The van der Waals surface area contributed by atoms with Crippen molar-refractivity contribution in [3.63, 3.8) is 0 Å². The first-order valence-corrected chi connectivity index (χ1v) is 6.16. The van der Waals surface area contributed by atoms with Crippen molar-refractivity contribution in [2.45, 2.75) is 32.2 Å². The fourth-order valence-electron chi connectivity index (χ4n) is 2.47. The summed E-state index contributed by atoms with van der Waals surface area (Å²) in [7, 11) is 1.80. The van der Waals surface area contributed by atoms with E-state index >= 15 is 0 Å². The number of halogens is 1. The summed E-state index contributed by atoms with van der Waals surface area (Å²) in [6.07, 6.45) is 4.33. The highest BCUT2D eigenvalue weighted by molar-refractivity contribution is 5.78. The van der Waals surface area contributed by atoms with Gasteiger partial charge in [-0.1, -0.05) is 25.0 Å². The minimum absolute atomic E-state index is 0.188. The first kappa shape index (κ1) is 12.1.